The minimum atomic E-state index is -4.29. The number of hydrogen-bond donors (Lipinski definition) is 1. The van der Waals surface area contributed by atoms with Crippen molar-refractivity contribution in [2.75, 3.05) is 20.3 Å². The molecule has 0 aliphatic carbocycles. The lowest BCUT2D eigenvalue weighted by Gasteiger charge is -2.17. The van der Waals surface area contributed by atoms with E-state index in [9.17, 15) is 13.2 Å². The number of halogens is 4. The molecule has 104 valence electrons. The van der Waals surface area contributed by atoms with Gasteiger partial charge in [0.1, 0.15) is 6.61 Å². The van der Waals surface area contributed by atoms with E-state index in [-0.39, 0.29) is 12.6 Å². The van der Waals surface area contributed by atoms with Crippen molar-refractivity contribution in [1.82, 2.24) is 15.1 Å². The van der Waals surface area contributed by atoms with E-state index < -0.39 is 12.8 Å². The van der Waals surface area contributed by atoms with Crippen molar-refractivity contribution < 1.29 is 17.9 Å². The maximum Gasteiger partial charge on any atom is 0.411 e. The van der Waals surface area contributed by atoms with Crippen LogP contribution in [0, 0.1) is 0 Å². The van der Waals surface area contributed by atoms with Gasteiger partial charge < -0.3 is 10.1 Å². The molecule has 8 heteroatoms. The van der Waals surface area contributed by atoms with Gasteiger partial charge in [-0.2, -0.15) is 18.3 Å². The van der Waals surface area contributed by atoms with Gasteiger partial charge >= 0.3 is 6.18 Å². The van der Waals surface area contributed by atoms with E-state index in [1.165, 1.54) is 6.20 Å². The molecule has 1 unspecified atom stereocenters. The van der Waals surface area contributed by atoms with Gasteiger partial charge in [0, 0.05) is 13.7 Å². The van der Waals surface area contributed by atoms with Crippen LogP contribution in [0.2, 0.25) is 5.02 Å². The third-order valence-corrected chi connectivity index (χ3v) is 2.72. The Labute approximate surface area is 108 Å². The summed E-state index contributed by atoms with van der Waals surface area (Å²) in [7, 11) is 3.43. The van der Waals surface area contributed by atoms with Crippen LogP contribution >= 0.6 is 11.6 Å². The normalized spacial score (nSPS) is 13.9. The Morgan fingerprint density at radius 2 is 2.22 bits per heavy atom. The molecule has 18 heavy (non-hydrogen) atoms. The zero-order chi connectivity index (χ0) is 13.8. The third kappa shape index (κ3) is 4.47. The van der Waals surface area contributed by atoms with E-state index >= 15 is 0 Å². The molecule has 1 aromatic heterocycles. The van der Waals surface area contributed by atoms with Crippen molar-refractivity contribution in [3.05, 3.63) is 16.9 Å². The molecule has 1 rings (SSSR count). The Morgan fingerprint density at radius 3 is 2.67 bits per heavy atom. The molecule has 0 aliphatic rings. The fraction of sp³-hybridized carbons (Fsp3) is 0.700. The van der Waals surface area contributed by atoms with Gasteiger partial charge in [0.2, 0.25) is 0 Å². The van der Waals surface area contributed by atoms with Crippen LogP contribution in [0.3, 0.4) is 0 Å². The zero-order valence-electron chi connectivity index (χ0n) is 10.1. The lowest BCUT2D eigenvalue weighted by atomic mass is 10.1. The molecule has 0 radical (unpaired) electrons. The largest absolute Gasteiger partial charge is 0.411 e. The molecule has 0 saturated carbocycles. The third-order valence-electron chi connectivity index (χ3n) is 2.43. The van der Waals surface area contributed by atoms with Crippen LogP contribution in [-0.4, -0.2) is 36.2 Å². The molecule has 0 bridgehead atoms. The van der Waals surface area contributed by atoms with Crippen LogP contribution in [-0.2, 0) is 11.8 Å². The second kappa shape index (κ2) is 6.40. The molecule has 4 nitrogen and oxygen atoms in total. The highest BCUT2D eigenvalue weighted by Crippen LogP contribution is 2.24. The molecular formula is C10H15ClF3N3O. The maximum atomic E-state index is 11.9. The Morgan fingerprint density at radius 1 is 1.56 bits per heavy atom. The van der Waals surface area contributed by atoms with E-state index in [1.54, 1.807) is 18.8 Å². The fourth-order valence-corrected chi connectivity index (χ4v) is 1.92. The molecule has 1 N–H and O–H groups in total. The number of ether oxygens (including phenoxy) is 1. The van der Waals surface area contributed by atoms with Crippen molar-refractivity contribution >= 4 is 11.6 Å². The average Bonchev–Trinajstić information content (AvgIpc) is 2.59. The van der Waals surface area contributed by atoms with Gasteiger partial charge in [-0.25, -0.2) is 0 Å². The molecule has 0 amide bonds. The van der Waals surface area contributed by atoms with E-state index in [0.29, 0.717) is 11.4 Å². The van der Waals surface area contributed by atoms with Gasteiger partial charge in [-0.3, -0.25) is 4.68 Å². The number of rotatable bonds is 6. The topological polar surface area (TPSA) is 39.1 Å². The van der Waals surface area contributed by atoms with E-state index in [1.807, 2.05) is 0 Å². The van der Waals surface area contributed by atoms with Crippen LogP contribution in [0.15, 0.2) is 6.20 Å². The van der Waals surface area contributed by atoms with Crippen LogP contribution in [0.5, 0.6) is 0 Å². The molecule has 0 spiro atoms. The predicted molar refractivity (Wildman–Crippen MR) is 61.5 cm³/mol. The van der Waals surface area contributed by atoms with Gasteiger partial charge in [-0.15, -0.1) is 0 Å². The van der Waals surface area contributed by atoms with E-state index in [4.69, 9.17) is 11.6 Å². The Bertz CT molecular complexity index is 361. The van der Waals surface area contributed by atoms with Crippen molar-refractivity contribution in [1.29, 1.82) is 0 Å². The summed E-state index contributed by atoms with van der Waals surface area (Å²) in [5.74, 6) is 0. The number of alkyl halides is 3. The molecular weight excluding hydrogens is 271 g/mol. The van der Waals surface area contributed by atoms with Gasteiger partial charge in [0.25, 0.3) is 0 Å². The zero-order valence-corrected chi connectivity index (χ0v) is 10.8. The first-order chi connectivity index (χ1) is 8.35. The second-order valence-corrected chi connectivity index (χ2v) is 4.21. The summed E-state index contributed by atoms with van der Waals surface area (Å²) in [5.41, 5.74) is 0.731. The summed E-state index contributed by atoms with van der Waals surface area (Å²) in [6.45, 7) is -1.24. The van der Waals surface area contributed by atoms with Crippen LogP contribution in [0.1, 0.15) is 18.2 Å². The highest BCUT2D eigenvalue weighted by Gasteiger charge is 2.27. The van der Waals surface area contributed by atoms with Gasteiger partial charge in [-0.05, 0) is 13.5 Å². The SMILES string of the molecule is CNC(CCOCC(F)(F)F)c1c(Cl)cnn1C. The summed E-state index contributed by atoms with van der Waals surface area (Å²) < 4.78 is 41.8. The first kappa shape index (κ1) is 15.3. The molecule has 0 fully saturated rings. The lowest BCUT2D eigenvalue weighted by Crippen LogP contribution is -2.23. The first-order valence-electron chi connectivity index (χ1n) is 5.34. The minimum absolute atomic E-state index is 0.00742. The fourth-order valence-electron chi connectivity index (χ4n) is 1.62. The average molecular weight is 286 g/mol. The van der Waals surface area contributed by atoms with Crippen LogP contribution in [0.25, 0.3) is 0 Å². The number of aryl methyl sites for hydroxylation is 1. The minimum Gasteiger partial charge on any atom is -0.372 e. The van der Waals surface area contributed by atoms with Crippen LogP contribution < -0.4 is 5.32 Å². The number of hydrogen-bond acceptors (Lipinski definition) is 3. The van der Waals surface area contributed by atoms with Crippen molar-refractivity contribution in [3.8, 4) is 0 Å². The van der Waals surface area contributed by atoms with Gasteiger partial charge in [0.15, 0.2) is 0 Å². The quantitative estimate of drug-likeness (QED) is 0.815. The van der Waals surface area contributed by atoms with Gasteiger partial charge in [0.05, 0.1) is 23.0 Å². The molecule has 0 aromatic carbocycles. The highest BCUT2D eigenvalue weighted by molar-refractivity contribution is 6.31. The van der Waals surface area contributed by atoms with Gasteiger partial charge in [-0.1, -0.05) is 11.6 Å². The first-order valence-corrected chi connectivity index (χ1v) is 5.72. The molecule has 1 atom stereocenters. The Hall–Kier alpha value is -0.790. The molecule has 1 heterocycles. The van der Waals surface area contributed by atoms with Crippen LogP contribution in [0.4, 0.5) is 13.2 Å². The summed E-state index contributed by atoms with van der Waals surface area (Å²) in [5, 5.41) is 7.43. The number of nitrogens with zero attached hydrogens (tertiary/aromatic N) is 2. The number of nitrogens with one attached hydrogen (secondary N) is 1. The Balaban J connectivity index is 2.49. The predicted octanol–water partition coefficient (Wildman–Crippen LogP) is 2.30. The monoisotopic (exact) mass is 285 g/mol. The summed E-state index contributed by atoms with van der Waals surface area (Å²) in [6.07, 6.45) is -2.41. The van der Waals surface area contributed by atoms with E-state index in [0.717, 1.165) is 5.69 Å². The Kier molecular flexibility index (Phi) is 5.43. The molecule has 0 aliphatic heterocycles. The summed E-state index contributed by atoms with van der Waals surface area (Å²) in [6, 6.07) is -0.196. The smallest absolute Gasteiger partial charge is 0.372 e. The van der Waals surface area contributed by atoms with Crippen molar-refractivity contribution in [2.24, 2.45) is 7.05 Å². The standard InChI is InChI=1S/C10H15ClF3N3O/c1-15-8(3-4-18-6-10(12,13)14)9-7(11)5-16-17(9)2/h5,8,15H,3-4,6H2,1-2H3. The van der Waals surface area contributed by atoms with Crippen molar-refractivity contribution in [2.45, 2.75) is 18.6 Å². The lowest BCUT2D eigenvalue weighted by molar-refractivity contribution is -0.174. The summed E-state index contributed by atoms with van der Waals surface area (Å²) in [4.78, 5) is 0. The molecule has 1 aromatic rings. The molecule has 0 saturated heterocycles. The van der Waals surface area contributed by atoms with Crippen molar-refractivity contribution in [3.63, 3.8) is 0 Å². The maximum absolute atomic E-state index is 11.9. The highest BCUT2D eigenvalue weighted by atomic mass is 35.5. The second-order valence-electron chi connectivity index (χ2n) is 3.80. The summed E-state index contributed by atoms with van der Waals surface area (Å²) >= 11 is 5.96. The number of aromatic nitrogens is 2. The van der Waals surface area contributed by atoms with E-state index in [2.05, 4.69) is 15.2 Å².